The number of fused-ring (bicyclic) bond motifs is 1. The zero-order valence-electron chi connectivity index (χ0n) is 30.3. The maximum absolute atomic E-state index is 13.8. The van der Waals surface area contributed by atoms with Gasteiger partial charge in [0, 0.05) is 82.9 Å². The maximum atomic E-state index is 13.8. The SMILES string of the molecule is CCc1nc2c(cnn2CC)c(NC2CCOCC2)c1CNC(=O)C1(C(=O)NCc2ccc(C)c(-c3cccc(CN4CCNCC4)c3)c2)CC1. The Morgan fingerprint density at radius 2 is 1.75 bits per heavy atom. The van der Waals surface area contributed by atoms with E-state index in [1.807, 2.05) is 10.9 Å². The molecule has 4 heterocycles. The van der Waals surface area contributed by atoms with Crippen molar-refractivity contribution in [2.75, 3.05) is 44.7 Å². The number of benzene rings is 2. The van der Waals surface area contributed by atoms with Gasteiger partial charge in [0.25, 0.3) is 0 Å². The molecule has 1 saturated carbocycles. The molecular weight excluding hydrogens is 640 g/mol. The van der Waals surface area contributed by atoms with Crippen LogP contribution in [0.2, 0.25) is 0 Å². The second-order valence-electron chi connectivity index (χ2n) is 14.3. The molecule has 11 nitrogen and oxygen atoms in total. The minimum absolute atomic E-state index is 0.214. The monoisotopic (exact) mass is 692 g/mol. The van der Waals surface area contributed by atoms with Crippen molar-refractivity contribution in [3.05, 3.63) is 76.6 Å². The average molecular weight is 693 g/mol. The van der Waals surface area contributed by atoms with Crippen LogP contribution in [-0.4, -0.2) is 76.9 Å². The molecule has 0 radical (unpaired) electrons. The van der Waals surface area contributed by atoms with Crippen LogP contribution in [0.5, 0.6) is 0 Å². The van der Waals surface area contributed by atoms with Gasteiger partial charge in [0.05, 0.1) is 17.3 Å². The third-order valence-electron chi connectivity index (χ3n) is 10.8. The number of hydrogen-bond donors (Lipinski definition) is 4. The van der Waals surface area contributed by atoms with E-state index >= 15 is 0 Å². The molecule has 4 aromatic rings. The Balaban J connectivity index is 1.03. The van der Waals surface area contributed by atoms with Crippen LogP contribution in [0.25, 0.3) is 22.2 Å². The molecule has 3 aliphatic rings. The van der Waals surface area contributed by atoms with E-state index in [2.05, 4.69) is 94.5 Å². The summed E-state index contributed by atoms with van der Waals surface area (Å²) in [5, 5.41) is 19.0. The molecule has 2 aromatic carbocycles. The molecule has 2 aliphatic heterocycles. The molecule has 7 rings (SSSR count). The molecule has 2 aromatic heterocycles. The Hall–Kier alpha value is -4.32. The lowest BCUT2D eigenvalue weighted by molar-refractivity contribution is -0.137. The fraction of sp³-hybridized carbons (Fsp3) is 0.500. The van der Waals surface area contributed by atoms with Crippen molar-refractivity contribution >= 4 is 28.5 Å². The number of piperazine rings is 1. The summed E-state index contributed by atoms with van der Waals surface area (Å²) >= 11 is 0. The molecule has 4 N–H and O–H groups in total. The number of anilines is 1. The van der Waals surface area contributed by atoms with Crippen LogP contribution in [0.1, 0.15) is 67.5 Å². The largest absolute Gasteiger partial charge is 0.381 e. The number of rotatable bonds is 13. The molecule has 1 aliphatic carbocycles. The Kier molecular flexibility index (Phi) is 10.7. The van der Waals surface area contributed by atoms with E-state index < -0.39 is 5.41 Å². The highest BCUT2D eigenvalue weighted by atomic mass is 16.5. The fourth-order valence-electron chi connectivity index (χ4n) is 7.53. The zero-order valence-corrected chi connectivity index (χ0v) is 30.3. The van der Waals surface area contributed by atoms with Crippen molar-refractivity contribution in [3.63, 3.8) is 0 Å². The summed E-state index contributed by atoms with van der Waals surface area (Å²) in [7, 11) is 0. The van der Waals surface area contributed by atoms with E-state index in [9.17, 15) is 9.59 Å². The zero-order chi connectivity index (χ0) is 35.4. The van der Waals surface area contributed by atoms with Gasteiger partial charge in [0.1, 0.15) is 5.41 Å². The number of ether oxygens (including phenoxy) is 1. The number of hydrogen-bond acceptors (Lipinski definition) is 8. The van der Waals surface area contributed by atoms with E-state index in [4.69, 9.17) is 9.72 Å². The smallest absolute Gasteiger partial charge is 0.235 e. The van der Waals surface area contributed by atoms with Crippen LogP contribution in [0, 0.1) is 12.3 Å². The Morgan fingerprint density at radius 1 is 0.980 bits per heavy atom. The van der Waals surface area contributed by atoms with Crippen molar-refractivity contribution in [2.45, 2.75) is 85.1 Å². The van der Waals surface area contributed by atoms with E-state index in [0.717, 1.165) is 104 Å². The quantitative estimate of drug-likeness (QED) is 0.149. The third-order valence-corrected chi connectivity index (χ3v) is 10.8. The van der Waals surface area contributed by atoms with Gasteiger partial charge in [-0.25, -0.2) is 9.67 Å². The summed E-state index contributed by atoms with van der Waals surface area (Å²) in [4.78, 5) is 34.9. The molecule has 0 atom stereocenters. The molecule has 270 valence electrons. The molecule has 0 bridgehead atoms. The predicted octanol–water partition coefficient (Wildman–Crippen LogP) is 4.70. The first-order chi connectivity index (χ1) is 24.9. The normalized spacial score (nSPS) is 17.7. The molecule has 2 amide bonds. The minimum atomic E-state index is -1.04. The number of aromatic nitrogens is 3. The topological polar surface area (TPSA) is 125 Å². The van der Waals surface area contributed by atoms with Crippen LogP contribution >= 0.6 is 0 Å². The van der Waals surface area contributed by atoms with Gasteiger partial charge in [-0.15, -0.1) is 0 Å². The van der Waals surface area contributed by atoms with Crippen LogP contribution in [0.4, 0.5) is 5.69 Å². The summed E-state index contributed by atoms with van der Waals surface area (Å²) < 4.78 is 7.52. The molecule has 0 spiro atoms. The third kappa shape index (κ3) is 7.66. The maximum Gasteiger partial charge on any atom is 0.235 e. The Bertz CT molecular complexity index is 1870. The lowest BCUT2D eigenvalue weighted by Crippen LogP contribution is -2.42. The van der Waals surface area contributed by atoms with Crippen LogP contribution in [0.3, 0.4) is 0 Å². The number of pyridine rings is 1. The van der Waals surface area contributed by atoms with Crippen LogP contribution < -0.4 is 21.3 Å². The lowest BCUT2D eigenvalue weighted by Gasteiger charge is -2.27. The number of carbonyl (C=O) groups is 2. The van der Waals surface area contributed by atoms with Crippen LogP contribution in [-0.2, 0) is 46.9 Å². The van der Waals surface area contributed by atoms with Gasteiger partial charge in [0.2, 0.25) is 11.8 Å². The molecule has 0 unspecified atom stereocenters. The highest BCUT2D eigenvalue weighted by molar-refractivity contribution is 6.08. The van der Waals surface area contributed by atoms with Crippen molar-refractivity contribution in [2.24, 2.45) is 5.41 Å². The van der Waals surface area contributed by atoms with Gasteiger partial charge in [0.15, 0.2) is 5.65 Å². The van der Waals surface area contributed by atoms with E-state index in [0.29, 0.717) is 25.8 Å². The van der Waals surface area contributed by atoms with Crippen molar-refractivity contribution in [3.8, 4) is 11.1 Å². The summed E-state index contributed by atoms with van der Waals surface area (Å²) in [6.45, 7) is 14.2. The highest BCUT2D eigenvalue weighted by Crippen LogP contribution is 2.46. The Morgan fingerprint density at radius 3 is 2.47 bits per heavy atom. The fourth-order valence-corrected chi connectivity index (χ4v) is 7.53. The average Bonchev–Trinajstić information content (AvgIpc) is 3.88. The van der Waals surface area contributed by atoms with Gasteiger partial charge < -0.3 is 26.0 Å². The second kappa shape index (κ2) is 15.5. The van der Waals surface area contributed by atoms with E-state index in [-0.39, 0.29) is 24.4 Å². The van der Waals surface area contributed by atoms with Gasteiger partial charge in [-0.2, -0.15) is 5.10 Å². The minimum Gasteiger partial charge on any atom is -0.381 e. The Labute approximate surface area is 300 Å². The van der Waals surface area contributed by atoms with E-state index in [1.165, 1.54) is 16.7 Å². The number of nitrogens with one attached hydrogen (secondary N) is 4. The summed E-state index contributed by atoms with van der Waals surface area (Å²) in [5.74, 6) is -0.441. The number of aryl methyl sites for hydroxylation is 3. The first-order valence-corrected chi connectivity index (χ1v) is 18.8. The molecular formula is C40H52N8O3. The summed E-state index contributed by atoms with van der Waals surface area (Å²) in [6, 6.07) is 15.4. The van der Waals surface area contributed by atoms with Gasteiger partial charge in [-0.3, -0.25) is 14.5 Å². The van der Waals surface area contributed by atoms with Crippen molar-refractivity contribution < 1.29 is 14.3 Å². The number of nitrogens with zero attached hydrogens (tertiary/aromatic N) is 4. The highest BCUT2D eigenvalue weighted by Gasteiger charge is 2.56. The standard InChI is InChI=1S/C40H52N8O3/c1-4-35-33(36(45-31-11-19-51-20-12-31)34-25-44-48(5-2)37(34)46-35)24-43-39(50)40(13-14-40)38(49)42-23-28-10-9-27(3)32(22-28)30-8-6-7-29(21-30)26-47-17-15-41-16-18-47/h6-10,21-22,25,31,41H,4-5,11-20,23-24,26H2,1-3H3,(H,42,49)(H,43,50)(H,45,46). The number of carbonyl (C=O) groups excluding carboxylic acids is 2. The summed E-state index contributed by atoms with van der Waals surface area (Å²) in [5.41, 5.74) is 8.50. The first kappa shape index (κ1) is 35.1. The van der Waals surface area contributed by atoms with Crippen LogP contribution in [0.15, 0.2) is 48.7 Å². The molecule has 3 fully saturated rings. The molecule has 2 saturated heterocycles. The first-order valence-electron chi connectivity index (χ1n) is 18.8. The number of amides is 2. The van der Waals surface area contributed by atoms with E-state index in [1.54, 1.807) is 0 Å². The summed E-state index contributed by atoms with van der Waals surface area (Å²) in [6.07, 6.45) is 5.48. The predicted molar refractivity (Wildman–Crippen MR) is 200 cm³/mol. The molecule has 51 heavy (non-hydrogen) atoms. The van der Waals surface area contributed by atoms with Gasteiger partial charge in [-0.05, 0) is 85.9 Å². The molecule has 11 heteroatoms. The van der Waals surface area contributed by atoms with Crippen molar-refractivity contribution in [1.82, 2.24) is 35.6 Å². The van der Waals surface area contributed by atoms with Gasteiger partial charge in [-0.1, -0.05) is 37.3 Å². The lowest BCUT2D eigenvalue weighted by atomic mass is 9.96. The van der Waals surface area contributed by atoms with Crippen molar-refractivity contribution in [1.29, 1.82) is 0 Å². The van der Waals surface area contributed by atoms with Gasteiger partial charge >= 0.3 is 0 Å². The second-order valence-corrected chi connectivity index (χ2v) is 14.3.